The van der Waals surface area contributed by atoms with E-state index in [0.29, 0.717) is 24.7 Å². The molecular formula is C12H16O2. The Morgan fingerprint density at radius 3 is 2.93 bits per heavy atom. The summed E-state index contributed by atoms with van der Waals surface area (Å²) in [5.74, 6) is 3.12. The van der Waals surface area contributed by atoms with Crippen molar-refractivity contribution >= 4 is 5.78 Å². The molecule has 0 radical (unpaired) electrons. The zero-order valence-electron chi connectivity index (χ0n) is 8.37. The van der Waals surface area contributed by atoms with Crippen LogP contribution in [0.1, 0.15) is 38.5 Å². The molecule has 2 heteroatoms. The van der Waals surface area contributed by atoms with E-state index in [1.807, 2.05) is 0 Å². The van der Waals surface area contributed by atoms with Crippen LogP contribution in [-0.4, -0.2) is 18.0 Å². The van der Waals surface area contributed by atoms with E-state index in [9.17, 15) is 4.79 Å². The van der Waals surface area contributed by atoms with E-state index in [1.54, 1.807) is 0 Å². The van der Waals surface area contributed by atoms with Gasteiger partial charge in [0.15, 0.2) is 0 Å². The van der Waals surface area contributed by atoms with Gasteiger partial charge in [0, 0.05) is 18.8 Å². The Hall–Kier alpha value is -0.810. The summed E-state index contributed by atoms with van der Waals surface area (Å²) in [4.78, 5) is 11.8. The monoisotopic (exact) mass is 192 g/mol. The predicted molar refractivity (Wildman–Crippen MR) is 53.7 cm³/mol. The van der Waals surface area contributed by atoms with Crippen LogP contribution in [0.4, 0.5) is 0 Å². The first-order valence-corrected chi connectivity index (χ1v) is 5.43. The Bertz CT molecular complexity index is 264. The van der Waals surface area contributed by atoms with Crippen LogP contribution >= 0.6 is 0 Å². The van der Waals surface area contributed by atoms with Gasteiger partial charge in [0.2, 0.25) is 0 Å². The normalized spacial score (nSPS) is 34.4. The Labute approximate surface area is 85.0 Å². The minimum absolute atomic E-state index is 0.187. The van der Waals surface area contributed by atoms with Gasteiger partial charge < -0.3 is 4.74 Å². The number of ketones is 1. The second kappa shape index (κ2) is 4.14. The quantitative estimate of drug-likeness (QED) is 0.502. The molecule has 0 aromatic heterocycles. The van der Waals surface area contributed by atoms with Crippen molar-refractivity contribution in [2.24, 2.45) is 5.92 Å². The molecule has 3 atom stereocenters. The van der Waals surface area contributed by atoms with Crippen molar-refractivity contribution in [1.29, 1.82) is 0 Å². The van der Waals surface area contributed by atoms with Crippen LogP contribution in [0, 0.1) is 18.3 Å². The molecule has 2 nitrogen and oxygen atoms in total. The van der Waals surface area contributed by atoms with Crippen molar-refractivity contribution in [3.63, 3.8) is 0 Å². The fraction of sp³-hybridized carbons (Fsp3) is 0.750. The average molecular weight is 192 g/mol. The van der Waals surface area contributed by atoms with Gasteiger partial charge in [-0.05, 0) is 25.7 Å². The van der Waals surface area contributed by atoms with Gasteiger partial charge in [-0.15, -0.1) is 12.3 Å². The van der Waals surface area contributed by atoms with Crippen molar-refractivity contribution in [3.8, 4) is 12.3 Å². The maximum absolute atomic E-state index is 11.8. The maximum atomic E-state index is 11.8. The number of hydrogen-bond donors (Lipinski definition) is 0. The molecule has 0 amide bonds. The average Bonchev–Trinajstić information content (AvgIpc) is 2.79. The SMILES string of the molecule is C#CCCCC(=O)C1CC2CCC1O2. The molecular weight excluding hydrogens is 176 g/mol. The number of ether oxygens (including phenoxy) is 1. The van der Waals surface area contributed by atoms with Gasteiger partial charge in [-0.25, -0.2) is 0 Å². The van der Waals surface area contributed by atoms with E-state index < -0.39 is 0 Å². The molecule has 2 aliphatic rings. The summed E-state index contributed by atoms with van der Waals surface area (Å²) in [6.45, 7) is 0. The molecule has 0 saturated carbocycles. The number of carbonyl (C=O) groups excluding carboxylic acids is 1. The van der Waals surface area contributed by atoms with Crippen LogP contribution in [0.2, 0.25) is 0 Å². The number of rotatable bonds is 4. The second-order valence-electron chi connectivity index (χ2n) is 4.24. The summed E-state index contributed by atoms with van der Waals surface area (Å²) in [6, 6.07) is 0. The molecule has 2 fully saturated rings. The molecule has 2 rings (SSSR count). The van der Waals surface area contributed by atoms with E-state index >= 15 is 0 Å². The Morgan fingerprint density at radius 2 is 2.36 bits per heavy atom. The van der Waals surface area contributed by atoms with Gasteiger partial charge in [0.25, 0.3) is 0 Å². The van der Waals surface area contributed by atoms with E-state index in [2.05, 4.69) is 5.92 Å². The van der Waals surface area contributed by atoms with Crippen LogP contribution in [0.3, 0.4) is 0 Å². The Balaban J connectivity index is 1.79. The lowest BCUT2D eigenvalue weighted by Crippen LogP contribution is -2.25. The van der Waals surface area contributed by atoms with Crippen LogP contribution in [-0.2, 0) is 9.53 Å². The molecule has 3 unspecified atom stereocenters. The van der Waals surface area contributed by atoms with Crippen molar-refractivity contribution in [1.82, 2.24) is 0 Å². The highest BCUT2D eigenvalue weighted by Gasteiger charge is 2.43. The van der Waals surface area contributed by atoms with Gasteiger partial charge in [-0.3, -0.25) is 4.79 Å². The van der Waals surface area contributed by atoms with Crippen LogP contribution < -0.4 is 0 Å². The third kappa shape index (κ3) is 1.83. The van der Waals surface area contributed by atoms with Crippen molar-refractivity contribution in [3.05, 3.63) is 0 Å². The minimum atomic E-state index is 0.187. The highest BCUT2D eigenvalue weighted by atomic mass is 16.5. The summed E-state index contributed by atoms with van der Waals surface area (Å²) >= 11 is 0. The highest BCUT2D eigenvalue weighted by molar-refractivity contribution is 5.82. The van der Waals surface area contributed by atoms with Gasteiger partial charge in [0.1, 0.15) is 5.78 Å². The molecule has 2 aliphatic heterocycles. The van der Waals surface area contributed by atoms with E-state index in [1.165, 1.54) is 0 Å². The summed E-state index contributed by atoms with van der Waals surface area (Å²) < 4.78 is 5.65. The van der Waals surface area contributed by atoms with E-state index in [4.69, 9.17) is 11.2 Å². The molecule has 2 heterocycles. The first kappa shape index (κ1) is 9.73. The molecule has 14 heavy (non-hydrogen) atoms. The van der Waals surface area contributed by atoms with Crippen LogP contribution in [0.5, 0.6) is 0 Å². The molecule has 0 spiro atoms. The van der Waals surface area contributed by atoms with E-state index in [-0.39, 0.29) is 12.0 Å². The summed E-state index contributed by atoms with van der Waals surface area (Å²) in [7, 11) is 0. The largest absolute Gasteiger partial charge is 0.374 e. The lowest BCUT2D eigenvalue weighted by molar-refractivity contribution is -0.124. The van der Waals surface area contributed by atoms with Gasteiger partial charge in [-0.2, -0.15) is 0 Å². The molecule has 0 aliphatic carbocycles. The predicted octanol–water partition coefficient (Wildman–Crippen LogP) is 1.93. The zero-order valence-corrected chi connectivity index (χ0v) is 8.37. The topological polar surface area (TPSA) is 26.3 Å². The first-order valence-electron chi connectivity index (χ1n) is 5.43. The number of Topliss-reactive ketones (excluding diaryl/α,β-unsaturated/α-hetero) is 1. The van der Waals surface area contributed by atoms with Crippen molar-refractivity contribution < 1.29 is 9.53 Å². The number of unbranched alkanes of at least 4 members (excludes halogenated alkanes) is 1. The fourth-order valence-electron chi connectivity index (χ4n) is 2.53. The third-order valence-corrected chi connectivity index (χ3v) is 3.26. The number of carbonyl (C=O) groups is 1. The minimum Gasteiger partial charge on any atom is -0.374 e. The lowest BCUT2D eigenvalue weighted by atomic mass is 9.84. The number of hydrogen-bond acceptors (Lipinski definition) is 2. The Morgan fingerprint density at radius 1 is 1.50 bits per heavy atom. The second-order valence-corrected chi connectivity index (χ2v) is 4.24. The maximum Gasteiger partial charge on any atom is 0.138 e. The molecule has 0 N–H and O–H groups in total. The molecule has 2 saturated heterocycles. The summed E-state index contributed by atoms with van der Waals surface area (Å²) in [5.41, 5.74) is 0. The highest BCUT2D eigenvalue weighted by Crippen LogP contribution is 2.39. The first-order chi connectivity index (χ1) is 6.81. The zero-order chi connectivity index (χ0) is 9.97. The molecule has 76 valence electrons. The lowest BCUT2D eigenvalue weighted by Gasteiger charge is -2.16. The van der Waals surface area contributed by atoms with Crippen LogP contribution in [0.15, 0.2) is 0 Å². The standard InChI is InChI=1S/C12H16O2/c1-2-3-4-5-11(13)10-8-9-6-7-12(10)14-9/h1,9-10,12H,3-8H2. The smallest absolute Gasteiger partial charge is 0.138 e. The third-order valence-electron chi connectivity index (χ3n) is 3.26. The fourth-order valence-corrected chi connectivity index (χ4v) is 2.53. The molecule has 0 aromatic rings. The summed E-state index contributed by atoms with van der Waals surface area (Å²) in [5, 5.41) is 0. The van der Waals surface area contributed by atoms with Crippen molar-refractivity contribution in [2.45, 2.75) is 50.7 Å². The van der Waals surface area contributed by atoms with Gasteiger partial charge in [-0.1, -0.05) is 0 Å². The molecule has 2 bridgehead atoms. The number of terminal acetylenes is 1. The van der Waals surface area contributed by atoms with Gasteiger partial charge >= 0.3 is 0 Å². The van der Waals surface area contributed by atoms with Gasteiger partial charge in [0.05, 0.1) is 12.2 Å². The summed E-state index contributed by atoms with van der Waals surface area (Å²) in [6.07, 6.45) is 11.1. The Kier molecular flexibility index (Phi) is 2.88. The van der Waals surface area contributed by atoms with E-state index in [0.717, 1.165) is 25.7 Å². The number of fused-ring (bicyclic) bond motifs is 2. The molecule has 0 aromatic carbocycles. The van der Waals surface area contributed by atoms with Crippen LogP contribution in [0.25, 0.3) is 0 Å². The van der Waals surface area contributed by atoms with Crippen molar-refractivity contribution in [2.75, 3.05) is 0 Å².